The molecule has 0 spiro atoms. The zero-order valence-electron chi connectivity index (χ0n) is 8.85. The molecule has 1 heterocycles. The van der Waals surface area contributed by atoms with Crippen molar-refractivity contribution in [2.24, 2.45) is 23.7 Å². The summed E-state index contributed by atoms with van der Waals surface area (Å²) in [6, 6.07) is 0. The van der Waals surface area contributed by atoms with Crippen molar-refractivity contribution >= 4 is 11.8 Å². The predicted octanol–water partition coefficient (Wildman–Crippen LogP) is 1.20. The van der Waals surface area contributed by atoms with Crippen molar-refractivity contribution in [1.82, 2.24) is 4.90 Å². The van der Waals surface area contributed by atoms with Gasteiger partial charge in [-0.3, -0.25) is 14.5 Å². The Hall–Kier alpha value is -1.12. The molecule has 0 radical (unpaired) electrons. The summed E-state index contributed by atoms with van der Waals surface area (Å²) in [5.41, 5.74) is 0. The van der Waals surface area contributed by atoms with Crippen molar-refractivity contribution in [1.29, 1.82) is 0 Å². The second kappa shape index (κ2) is 2.94. The molecule has 3 heteroatoms. The van der Waals surface area contributed by atoms with Crippen LogP contribution in [0.15, 0.2) is 12.2 Å². The van der Waals surface area contributed by atoms with Crippen LogP contribution in [-0.2, 0) is 9.59 Å². The summed E-state index contributed by atoms with van der Waals surface area (Å²) >= 11 is 0. The van der Waals surface area contributed by atoms with Crippen molar-refractivity contribution in [3.8, 4) is 0 Å². The summed E-state index contributed by atoms with van der Waals surface area (Å²) in [4.78, 5) is 25.3. The van der Waals surface area contributed by atoms with Gasteiger partial charge in [0.2, 0.25) is 11.8 Å². The van der Waals surface area contributed by atoms with Crippen molar-refractivity contribution in [2.75, 3.05) is 7.05 Å². The Morgan fingerprint density at radius 2 is 1.53 bits per heavy atom. The Morgan fingerprint density at radius 1 is 1.07 bits per heavy atom. The third-order valence-corrected chi connectivity index (χ3v) is 4.22. The summed E-state index contributed by atoms with van der Waals surface area (Å²) in [5, 5.41) is 0. The van der Waals surface area contributed by atoms with Crippen molar-refractivity contribution in [3.63, 3.8) is 0 Å². The first kappa shape index (κ1) is 9.13. The van der Waals surface area contributed by atoms with Crippen LogP contribution in [0.4, 0.5) is 0 Å². The summed E-state index contributed by atoms with van der Waals surface area (Å²) in [6.07, 6.45) is 7.63. The van der Waals surface area contributed by atoms with Gasteiger partial charge in [0.1, 0.15) is 0 Å². The summed E-state index contributed by atoms with van der Waals surface area (Å²) < 4.78 is 0. The molecule has 1 saturated carbocycles. The topological polar surface area (TPSA) is 37.4 Å². The van der Waals surface area contributed by atoms with E-state index in [0.717, 1.165) is 19.3 Å². The lowest BCUT2D eigenvalue weighted by Gasteiger charge is -2.27. The minimum atomic E-state index is -0.0417. The van der Waals surface area contributed by atoms with Crippen molar-refractivity contribution in [2.45, 2.75) is 19.3 Å². The number of amides is 2. The number of rotatable bonds is 0. The maximum atomic E-state index is 12.0. The van der Waals surface area contributed by atoms with Crippen LogP contribution in [0.2, 0.25) is 0 Å². The molecule has 4 rings (SSSR count). The average Bonchev–Trinajstić information content (AvgIpc) is 2.51. The molecule has 2 unspecified atom stereocenters. The van der Waals surface area contributed by atoms with E-state index in [4.69, 9.17) is 0 Å². The molecule has 3 nitrogen and oxygen atoms in total. The fraction of sp³-hybridized carbons (Fsp3) is 0.667. The molecule has 0 aromatic carbocycles. The monoisotopic (exact) mass is 205 g/mol. The lowest BCUT2D eigenvalue weighted by Crippen LogP contribution is -2.31. The lowest BCUT2D eigenvalue weighted by molar-refractivity contribution is -0.138. The molecule has 1 saturated heterocycles. The maximum Gasteiger partial charge on any atom is 0.233 e. The van der Waals surface area contributed by atoms with Gasteiger partial charge in [-0.05, 0) is 24.7 Å². The molecule has 2 amide bonds. The van der Waals surface area contributed by atoms with Gasteiger partial charge in [0, 0.05) is 7.05 Å². The molecule has 4 atom stereocenters. The number of carbonyl (C=O) groups excluding carboxylic acids is 2. The molecule has 80 valence electrons. The van der Waals surface area contributed by atoms with Gasteiger partial charge < -0.3 is 0 Å². The Balaban J connectivity index is 2.07. The number of hydrogen-bond acceptors (Lipinski definition) is 2. The first-order valence-corrected chi connectivity index (χ1v) is 5.70. The molecule has 1 aliphatic heterocycles. The van der Waals surface area contributed by atoms with Gasteiger partial charge in [0.25, 0.3) is 0 Å². The molecule has 2 bridgehead atoms. The second-order valence-corrected chi connectivity index (χ2v) is 4.93. The molecule has 4 aliphatic rings. The van der Waals surface area contributed by atoms with Gasteiger partial charge in [-0.15, -0.1) is 0 Å². The van der Waals surface area contributed by atoms with Crippen LogP contribution in [0, 0.1) is 23.7 Å². The second-order valence-electron chi connectivity index (χ2n) is 4.93. The summed E-state index contributed by atoms with van der Waals surface area (Å²) in [6.45, 7) is 0. The van der Waals surface area contributed by atoms with Gasteiger partial charge >= 0.3 is 0 Å². The molecule has 15 heavy (non-hydrogen) atoms. The molecule has 0 N–H and O–H groups in total. The minimum Gasteiger partial charge on any atom is -0.285 e. The number of fused-ring (bicyclic) bond motifs is 2. The van der Waals surface area contributed by atoms with Crippen molar-refractivity contribution < 1.29 is 9.59 Å². The number of nitrogens with zero attached hydrogens (tertiary/aromatic N) is 1. The summed E-state index contributed by atoms with van der Waals surface area (Å²) in [5.74, 6) is 0.641. The van der Waals surface area contributed by atoms with Gasteiger partial charge in [-0.25, -0.2) is 0 Å². The molecule has 3 aliphatic carbocycles. The molecule has 2 fully saturated rings. The lowest BCUT2D eigenvalue weighted by atomic mass is 9.73. The van der Waals surface area contributed by atoms with E-state index >= 15 is 0 Å². The largest absolute Gasteiger partial charge is 0.285 e. The van der Waals surface area contributed by atoms with Gasteiger partial charge in [0.15, 0.2) is 0 Å². The van der Waals surface area contributed by atoms with Gasteiger partial charge in [0.05, 0.1) is 11.8 Å². The normalized spacial score (nSPS) is 43.4. The highest BCUT2D eigenvalue weighted by Gasteiger charge is 2.53. The van der Waals surface area contributed by atoms with Crippen LogP contribution in [0.3, 0.4) is 0 Å². The zero-order valence-corrected chi connectivity index (χ0v) is 8.85. The van der Waals surface area contributed by atoms with E-state index in [1.165, 1.54) is 4.90 Å². The fourth-order valence-corrected chi connectivity index (χ4v) is 3.43. The standard InChI is InChI=1S/C12H15NO2/c1-13-11(14)9-7-3-2-4-8(6-5-7)10(9)12(13)15/h5-10H,2-4H2,1H3/t7?,8?,9-,10+. The highest BCUT2D eigenvalue weighted by Crippen LogP contribution is 2.47. The Bertz CT molecular complexity index is 329. The maximum absolute atomic E-state index is 12.0. The number of allylic oxidation sites excluding steroid dienone is 2. The summed E-state index contributed by atoms with van der Waals surface area (Å²) in [7, 11) is 1.62. The van der Waals surface area contributed by atoms with Gasteiger partial charge in [-0.2, -0.15) is 0 Å². The van der Waals surface area contributed by atoms with Crippen LogP contribution in [0.5, 0.6) is 0 Å². The van der Waals surface area contributed by atoms with E-state index in [1.807, 2.05) is 0 Å². The first-order valence-electron chi connectivity index (χ1n) is 5.70. The van der Waals surface area contributed by atoms with E-state index in [0.29, 0.717) is 11.8 Å². The first-order chi connectivity index (χ1) is 7.20. The van der Waals surface area contributed by atoms with Crippen LogP contribution in [0.1, 0.15) is 19.3 Å². The van der Waals surface area contributed by atoms with Crippen molar-refractivity contribution in [3.05, 3.63) is 12.2 Å². The zero-order chi connectivity index (χ0) is 10.6. The van der Waals surface area contributed by atoms with Crippen LogP contribution >= 0.6 is 0 Å². The quantitative estimate of drug-likeness (QED) is 0.440. The SMILES string of the molecule is CN1C(=O)[C@@H]2C3C=CC(CCC3)[C@@H]2C1=O. The molecular formula is C12H15NO2. The molecule has 0 aromatic heterocycles. The predicted molar refractivity (Wildman–Crippen MR) is 54.7 cm³/mol. The van der Waals surface area contributed by atoms with Crippen LogP contribution < -0.4 is 0 Å². The minimum absolute atomic E-state index is 0.0417. The van der Waals surface area contributed by atoms with Gasteiger partial charge in [-0.1, -0.05) is 18.6 Å². The van der Waals surface area contributed by atoms with E-state index in [2.05, 4.69) is 12.2 Å². The number of likely N-dealkylation sites (tertiary alicyclic amines) is 1. The Kier molecular flexibility index (Phi) is 1.79. The molecule has 0 aromatic rings. The smallest absolute Gasteiger partial charge is 0.233 e. The molecular weight excluding hydrogens is 190 g/mol. The van der Waals surface area contributed by atoms with Crippen LogP contribution in [0.25, 0.3) is 0 Å². The number of carbonyl (C=O) groups is 2. The Labute approximate surface area is 89.1 Å². The highest BCUT2D eigenvalue weighted by atomic mass is 16.2. The third kappa shape index (κ3) is 1.06. The third-order valence-electron chi connectivity index (χ3n) is 4.22. The van der Waals surface area contributed by atoms with E-state index in [1.54, 1.807) is 7.05 Å². The fourth-order valence-electron chi connectivity index (χ4n) is 3.43. The number of hydrogen-bond donors (Lipinski definition) is 0. The highest BCUT2D eigenvalue weighted by molar-refractivity contribution is 6.05. The Morgan fingerprint density at radius 3 is 2.00 bits per heavy atom. The average molecular weight is 205 g/mol. The van der Waals surface area contributed by atoms with E-state index in [-0.39, 0.29) is 23.7 Å². The van der Waals surface area contributed by atoms with E-state index < -0.39 is 0 Å². The van der Waals surface area contributed by atoms with E-state index in [9.17, 15) is 9.59 Å². The van der Waals surface area contributed by atoms with Crippen LogP contribution in [-0.4, -0.2) is 23.8 Å². The number of imide groups is 1.